The van der Waals surface area contributed by atoms with Crippen LogP contribution in [0.15, 0.2) is 24.5 Å². The minimum Gasteiger partial charge on any atom is -0.388 e. The topological polar surface area (TPSA) is 63.3 Å². The molecule has 0 aromatic carbocycles. The molecule has 6 heteroatoms. The highest BCUT2D eigenvalue weighted by Gasteiger charge is 2.16. The molecule has 1 unspecified atom stereocenters. The molecule has 0 aliphatic heterocycles. The lowest BCUT2D eigenvalue weighted by Crippen LogP contribution is -1.94. The Morgan fingerprint density at radius 1 is 1.44 bits per heavy atom. The average molecular weight is 260 g/mol. The fraction of sp³-hybridized carbons (Fsp3) is 0.250. The van der Waals surface area contributed by atoms with Gasteiger partial charge in [-0.15, -0.1) is 5.10 Å². The Morgan fingerprint density at radius 3 is 2.89 bits per heavy atom. The standard InChI is InChI=1S/C12H12N4OS/c1-7-10(8(2)17)18-12-14-11(15-16(7)12)9-4-3-5-13-6-9/h3-6,8,17H,1-2H3. The lowest BCUT2D eigenvalue weighted by atomic mass is 10.3. The average Bonchev–Trinajstić information content (AvgIpc) is 2.91. The maximum atomic E-state index is 9.64. The van der Waals surface area contributed by atoms with E-state index >= 15 is 0 Å². The summed E-state index contributed by atoms with van der Waals surface area (Å²) in [6.07, 6.45) is 2.98. The molecule has 1 N–H and O–H groups in total. The van der Waals surface area contributed by atoms with E-state index in [0.29, 0.717) is 5.82 Å². The van der Waals surface area contributed by atoms with E-state index in [1.807, 2.05) is 19.1 Å². The summed E-state index contributed by atoms with van der Waals surface area (Å²) in [5.74, 6) is 0.662. The first kappa shape index (κ1) is 11.3. The van der Waals surface area contributed by atoms with Crippen LogP contribution in [0.2, 0.25) is 0 Å². The van der Waals surface area contributed by atoms with E-state index in [0.717, 1.165) is 21.1 Å². The Bertz CT molecular complexity index is 687. The molecule has 0 aliphatic carbocycles. The van der Waals surface area contributed by atoms with Crippen molar-refractivity contribution in [3.8, 4) is 11.4 Å². The number of rotatable bonds is 2. The lowest BCUT2D eigenvalue weighted by molar-refractivity contribution is 0.202. The quantitative estimate of drug-likeness (QED) is 0.767. The van der Waals surface area contributed by atoms with Crippen LogP contribution in [0.4, 0.5) is 0 Å². The molecule has 1 atom stereocenters. The minimum atomic E-state index is -0.486. The second kappa shape index (κ2) is 4.15. The van der Waals surface area contributed by atoms with Gasteiger partial charge < -0.3 is 5.11 Å². The first-order valence-corrected chi connectivity index (χ1v) is 6.43. The zero-order chi connectivity index (χ0) is 12.7. The first-order chi connectivity index (χ1) is 8.66. The summed E-state index contributed by atoms with van der Waals surface area (Å²) < 4.78 is 1.77. The van der Waals surface area contributed by atoms with E-state index in [1.165, 1.54) is 11.3 Å². The number of hydrogen-bond acceptors (Lipinski definition) is 5. The maximum absolute atomic E-state index is 9.64. The van der Waals surface area contributed by atoms with Crippen molar-refractivity contribution in [2.24, 2.45) is 0 Å². The third kappa shape index (κ3) is 1.70. The Hall–Kier alpha value is -1.79. The number of aliphatic hydroxyl groups is 1. The zero-order valence-corrected chi connectivity index (χ0v) is 10.8. The highest BCUT2D eigenvalue weighted by molar-refractivity contribution is 7.17. The SMILES string of the molecule is Cc1c(C(C)O)sc2nc(-c3cccnc3)nn12. The van der Waals surface area contributed by atoms with Gasteiger partial charge in [0.1, 0.15) is 0 Å². The number of aromatic nitrogens is 4. The van der Waals surface area contributed by atoms with E-state index in [-0.39, 0.29) is 0 Å². The van der Waals surface area contributed by atoms with Gasteiger partial charge in [0, 0.05) is 18.0 Å². The van der Waals surface area contributed by atoms with Crippen LogP contribution in [0.1, 0.15) is 23.6 Å². The van der Waals surface area contributed by atoms with Crippen LogP contribution in [0.3, 0.4) is 0 Å². The van der Waals surface area contributed by atoms with Crippen LogP contribution in [-0.4, -0.2) is 24.7 Å². The Kier molecular flexibility index (Phi) is 2.61. The smallest absolute Gasteiger partial charge is 0.213 e. The molecule has 0 saturated carbocycles. The minimum absolute atomic E-state index is 0.486. The van der Waals surface area contributed by atoms with Crippen LogP contribution in [0.25, 0.3) is 16.3 Å². The maximum Gasteiger partial charge on any atom is 0.213 e. The van der Waals surface area contributed by atoms with E-state index in [2.05, 4.69) is 15.1 Å². The van der Waals surface area contributed by atoms with Gasteiger partial charge in [-0.2, -0.15) is 4.98 Å². The summed E-state index contributed by atoms with van der Waals surface area (Å²) in [6.45, 7) is 3.69. The van der Waals surface area contributed by atoms with Crippen LogP contribution >= 0.6 is 11.3 Å². The molecule has 0 radical (unpaired) electrons. The molecule has 0 fully saturated rings. The number of pyridine rings is 1. The summed E-state index contributed by atoms with van der Waals surface area (Å²) in [6, 6.07) is 3.79. The monoisotopic (exact) mass is 260 g/mol. The van der Waals surface area contributed by atoms with Gasteiger partial charge in [0.25, 0.3) is 0 Å². The van der Waals surface area contributed by atoms with Gasteiger partial charge in [0.15, 0.2) is 5.82 Å². The van der Waals surface area contributed by atoms with Crippen molar-refractivity contribution in [2.45, 2.75) is 20.0 Å². The fourth-order valence-electron chi connectivity index (χ4n) is 1.86. The largest absolute Gasteiger partial charge is 0.388 e. The molecule has 0 amide bonds. The second-order valence-corrected chi connectivity index (χ2v) is 5.11. The molecule has 3 aromatic heterocycles. The molecular weight excluding hydrogens is 248 g/mol. The van der Waals surface area contributed by atoms with E-state index < -0.39 is 6.10 Å². The number of fused-ring (bicyclic) bond motifs is 1. The summed E-state index contributed by atoms with van der Waals surface area (Å²) >= 11 is 1.47. The van der Waals surface area contributed by atoms with Crippen molar-refractivity contribution >= 4 is 16.3 Å². The molecule has 0 bridgehead atoms. The van der Waals surface area contributed by atoms with Gasteiger partial charge in [0.05, 0.1) is 16.7 Å². The molecule has 3 aromatic rings. The van der Waals surface area contributed by atoms with Crippen LogP contribution < -0.4 is 0 Å². The zero-order valence-electron chi connectivity index (χ0n) is 10.0. The number of aliphatic hydroxyl groups excluding tert-OH is 1. The molecule has 3 rings (SSSR count). The van der Waals surface area contributed by atoms with Gasteiger partial charge in [-0.05, 0) is 26.0 Å². The van der Waals surface area contributed by atoms with Crippen LogP contribution in [0, 0.1) is 6.92 Å². The Balaban J connectivity index is 2.14. The highest BCUT2D eigenvalue weighted by atomic mass is 32.1. The molecule has 0 aliphatic rings. The first-order valence-electron chi connectivity index (χ1n) is 5.61. The molecular formula is C12H12N4OS. The molecule has 0 spiro atoms. The van der Waals surface area contributed by atoms with E-state index in [4.69, 9.17) is 0 Å². The number of thiazole rings is 1. The van der Waals surface area contributed by atoms with Gasteiger partial charge in [0.2, 0.25) is 4.96 Å². The van der Waals surface area contributed by atoms with Gasteiger partial charge in [-0.1, -0.05) is 11.3 Å². The number of hydrogen-bond donors (Lipinski definition) is 1. The Morgan fingerprint density at radius 2 is 2.28 bits per heavy atom. The van der Waals surface area contributed by atoms with Crippen molar-refractivity contribution in [3.05, 3.63) is 35.1 Å². The van der Waals surface area contributed by atoms with Crippen molar-refractivity contribution in [1.82, 2.24) is 19.6 Å². The van der Waals surface area contributed by atoms with Gasteiger partial charge in [-0.25, -0.2) is 4.52 Å². The Labute approximate surface area is 108 Å². The van der Waals surface area contributed by atoms with Crippen LogP contribution in [0.5, 0.6) is 0 Å². The second-order valence-electron chi connectivity index (χ2n) is 4.10. The summed E-state index contributed by atoms with van der Waals surface area (Å²) in [7, 11) is 0. The van der Waals surface area contributed by atoms with Crippen molar-refractivity contribution in [2.75, 3.05) is 0 Å². The number of aryl methyl sites for hydroxylation is 1. The summed E-state index contributed by atoms with van der Waals surface area (Å²) in [5.41, 5.74) is 1.83. The molecule has 0 saturated heterocycles. The van der Waals surface area contributed by atoms with Crippen molar-refractivity contribution < 1.29 is 5.11 Å². The van der Waals surface area contributed by atoms with E-state index in [9.17, 15) is 5.11 Å². The van der Waals surface area contributed by atoms with E-state index in [1.54, 1.807) is 23.8 Å². The van der Waals surface area contributed by atoms with Gasteiger partial charge >= 0.3 is 0 Å². The third-order valence-electron chi connectivity index (χ3n) is 2.75. The lowest BCUT2D eigenvalue weighted by Gasteiger charge is -2.00. The van der Waals surface area contributed by atoms with Crippen molar-refractivity contribution in [1.29, 1.82) is 0 Å². The molecule has 5 nitrogen and oxygen atoms in total. The molecule has 18 heavy (non-hydrogen) atoms. The van der Waals surface area contributed by atoms with Gasteiger partial charge in [-0.3, -0.25) is 4.98 Å². The normalized spacial score (nSPS) is 13.1. The predicted octanol–water partition coefficient (Wildman–Crippen LogP) is 2.21. The number of nitrogens with zero attached hydrogens (tertiary/aromatic N) is 4. The van der Waals surface area contributed by atoms with Crippen LogP contribution in [-0.2, 0) is 0 Å². The molecule has 3 heterocycles. The van der Waals surface area contributed by atoms with Crippen molar-refractivity contribution in [3.63, 3.8) is 0 Å². The predicted molar refractivity (Wildman–Crippen MR) is 69.5 cm³/mol. The summed E-state index contributed by atoms with van der Waals surface area (Å²) in [4.78, 5) is 10.2. The molecule has 92 valence electrons. The third-order valence-corrected chi connectivity index (χ3v) is 4.06. The summed E-state index contributed by atoms with van der Waals surface area (Å²) in [5, 5.41) is 14.1. The fourth-order valence-corrected chi connectivity index (χ4v) is 2.86. The highest BCUT2D eigenvalue weighted by Crippen LogP contribution is 2.28.